The lowest BCUT2D eigenvalue weighted by Gasteiger charge is -2.11. The summed E-state index contributed by atoms with van der Waals surface area (Å²) in [6.07, 6.45) is 1.82. The molecule has 0 spiro atoms. The van der Waals surface area contributed by atoms with Gasteiger partial charge in [0.2, 0.25) is 10.0 Å². The van der Waals surface area contributed by atoms with Gasteiger partial charge in [0.05, 0.1) is 12.8 Å². The zero-order valence-electron chi connectivity index (χ0n) is 12.3. The highest BCUT2D eigenvalue weighted by Crippen LogP contribution is 2.12. The van der Waals surface area contributed by atoms with Gasteiger partial charge in [0, 0.05) is 17.3 Å². The highest BCUT2D eigenvalue weighted by Gasteiger charge is 2.15. The maximum atomic E-state index is 12.1. The number of amides is 1. The van der Waals surface area contributed by atoms with E-state index in [-0.39, 0.29) is 24.3 Å². The number of rotatable bonds is 7. The smallest absolute Gasteiger partial charge is 0.287 e. The van der Waals surface area contributed by atoms with E-state index in [2.05, 4.69) is 10.0 Å². The fraction of sp³-hybridized carbons (Fsp3) is 0.357. The number of thiophene rings is 1. The summed E-state index contributed by atoms with van der Waals surface area (Å²) in [5, 5.41) is 4.85. The third-order valence-electron chi connectivity index (χ3n) is 2.86. The van der Waals surface area contributed by atoms with Crippen LogP contribution in [0.2, 0.25) is 0 Å². The summed E-state index contributed by atoms with van der Waals surface area (Å²) < 4.78 is 29.7. The summed E-state index contributed by atoms with van der Waals surface area (Å²) in [6.45, 7) is 1.95. The Morgan fingerprint density at radius 3 is 2.77 bits per heavy atom. The van der Waals surface area contributed by atoms with Crippen molar-refractivity contribution in [2.45, 2.75) is 25.9 Å². The first kappa shape index (κ1) is 16.7. The second-order valence-electron chi connectivity index (χ2n) is 5.02. The van der Waals surface area contributed by atoms with Gasteiger partial charge in [-0.25, -0.2) is 13.1 Å². The zero-order valence-corrected chi connectivity index (χ0v) is 14.0. The molecule has 0 aromatic carbocycles. The first-order chi connectivity index (χ1) is 10.3. The Hall–Kier alpha value is -1.64. The molecule has 0 saturated carbocycles. The molecule has 1 atom stereocenters. The van der Waals surface area contributed by atoms with Crippen LogP contribution >= 0.6 is 11.3 Å². The normalized spacial score (nSPS) is 13.0. The molecule has 1 amide bonds. The quantitative estimate of drug-likeness (QED) is 0.802. The molecule has 0 bridgehead atoms. The molecule has 0 fully saturated rings. The Morgan fingerprint density at radius 1 is 1.36 bits per heavy atom. The molecule has 0 unspecified atom stereocenters. The van der Waals surface area contributed by atoms with Crippen molar-refractivity contribution in [1.29, 1.82) is 0 Å². The van der Waals surface area contributed by atoms with Gasteiger partial charge < -0.3 is 9.73 Å². The Kier molecular flexibility index (Phi) is 5.38. The Bertz CT molecular complexity index is 720. The van der Waals surface area contributed by atoms with E-state index in [9.17, 15) is 13.2 Å². The lowest BCUT2D eigenvalue weighted by atomic mass is 10.2. The van der Waals surface area contributed by atoms with Crippen molar-refractivity contribution in [3.8, 4) is 0 Å². The van der Waals surface area contributed by atoms with E-state index in [1.54, 1.807) is 17.4 Å². The van der Waals surface area contributed by atoms with Crippen molar-refractivity contribution in [3.63, 3.8) is 0 Å². The van der Waals surface area contributed by atoms with E-state index in [0.717, 1.165) is 12.7 Å². The van der Waals surface area contributed by atoms with Gasteiger partial charge in [-0.1, -0.05) is 6.07 Å². The molecule has 6 nitrogen and oxygen atoms in total. The predicted octanol–water partition coefficient (Wildman–Crippen LogP) is 1.75. The highest BCUT2D eigenvalue weighted by molar-refractivity contribution is 7.88. The topological polar surface area (TPSA) is 88.4 Å². The molecule has 2 N–H and O–H groups in total. The van der Waals surface area contributed by atoms with Crippen LogP contribution in [0.15, 0.2) is 34.1 Å². The van der Waals surface area contributed by atoms with E-state index in [0.29, 0.717) is 5.76 Å². The number of nitrogens with one attached hydrogen (secondary N) is 2. The SMILES string of the molecule is C[C@H](Cc1cccs1)NC(=O)c1ccc(CNS(C)(=O)=O)o1. The number of furan rings is 1. The first-order valence-corrected chi connectivity index (χ1v) is 9.47. The summed E-state index contributed by atoms with van der Waals surface area (Å²) in [6, 6.07) is 7.09. The molecule has 0 aliphatic heterocycles. The first-order valence-electron chi connectivity index (χ1n) is 6.70. The number of hydrogen-bond donors (Lipinski definition) is 2. The largest absolute Gasteiger partial charge is 0.455 e. The van der Waals surface area contributed by atoms with Gasteiger partial charge in [-0.05, 0) is 30.5 Å². The number of carbonyl (C=O) groups excluding carboxylic acids is 1. The number of hydrogen-bond acceptors (Lipinski definition) is 5. The molecule has 2 rings (SSSR count). The fourth-order valence-electron chi connectivity index (χ4n) is 1.87. The van der Waals surface area contributed by atoms with Gasteiger partial charge in [-0.15, -0.1) is 11.3 Å². The molecule has 0 aliphatic carbocycles. The molecule has 22 heavy (non-hydrogen) atoms. The van der Waals surface area contributed by atoms with Crippen LogP contribution in [-0.4, -0.2) is 26.6 Å². The molecular formula is C14H18N2O4S2. The average molecular weight is 342 g/mol. The summed E-state index contributed by atoms with van der Waals surface area (Å²) in [7, 11) is -3.29. The minimum Gasteiger partial charge on any atom is -0.455 e. The Balaban J connectivity index is 1.88. The molecule has 2 heterocycles. The Labute approximate surface area is 133 Å². The van der Waals surface area contributed by atoms with Crippen molar-refractivity contribution in [2.24, 2.45) is 0 Å². The third-order valence-corrected chi connectivity index (χ3v) is 4.43. The van der Waals surface area contributed by atoms with E-state index < -0.39 is 10.0 Å². The van der Waals surface area contributed by atoms with Crippen LogP contribution in [0.4, 0.5) is 0 Å². The second-order valence-corrected chi connectivity index (χ2v) is 7.88. The molecule has 2 aromatic rings. The monoisotopic (exact) mass is 342 g/mol. The van der Waals surface area contributed by atoms with Crippen molar-refractivity contribution in [3.05, 3.63) is 46.0 Å². The van der Waals surface area contributed by atoms with Gasteiger partial charge >= 0.3 is 0 Å². The second kappa shape index (κ2) is 7.08. The average Bonchev–Trinajstić information content (AvgIpc) is 3.05. The summed E-state index contributed by atoms with van der Waals surface area (Å²) >= 11 is 1.65. The Morgan fingerprint density at radius 2 is 2.14 bits per heavy atom. The van der Waals surface area contributed by atoms with Gasteiger partial charge in [0.15, 0.2) is 5.76 Å². The van der Waals surface area contributed by atoms with Crippen molar-refractivity contribution in [1.82, 2.24) is 10.0 Å². The molecular weight excluding hydrogens is 324 g/mol. The summed E-state index contributed by atoms with van der Waals surface area (Å²) in [5.41, 5.74) is 0. The summed E-state index contributed by atoms with van der Waals surface area (Å²) in [5.74, 6) is 0.250. The van der Waals surface area contributed by atoms with Crippen molar-refractivity contribution < 1.29 is 17.6 Å². The lowest BCUT2D eigenvalue weighted by molar-refractivity contribution is 0.0910. The highest BCUT2D eigenvalue weighted by atomic mass is 32.2. The predicted molar refractivity (Wildman–Crippen MR) is 85.3 cm³/mol. The molecule has 0 radical (unpaired) electrons. The van der Waals surface area contributed by atoms with E-state index in [1.807, 2.05) is 24.4 Å². The van der Waals surface area contributed by atoms with Crippen LogP contribution in [0.5, 0.6) is 0 Å². The van der Waals surface area contributed by atoms with Crippen LogP contribution in [0.3, 0.4) is 0 Å². The molecule has 120 valence electrons. The van der Waals surface area contributed by atoms with Crippen LogP contribution < -0.4 is 10.0 Å². The van der Waals surface area contributed by atoms with Crippen LogP contribution in [-0.2, 0) is 23.0 Å². The lowest BCUT2D eigenvalue weighted by Crippen LogP contribution is -2.33. The fourth-order valence-corrected chi connectivity index (χ4v) is 3.11. The maximum Gasteiger partial charge on any atom is 0.287 e. The number of sulfonamides is 1. The van der Waals surface area contributed by atoms with Crippen molar-refractivity contribution in [2.75, 3.05) is 6.26 Å². The molecule has 0 saturated heterocycles. The maximum absolute atomic E-state index is 12.1. The molecule has 8 heteroatoms. The van der Waals surface area contributed by atoms with Crippen LogP contribution in [0, 0.1) is 0 Å². The van der Waals surface area contributed by atoms with Gasteiger partial charge in [-0.2, -0.15) is 0 Å². The minimum atomic E-state index is -3.29. The van der Waals surface area contributed by atoms with Gasteiger partial charge in [-0.3, -0.25) is 4.79 Å². The minimum absolute atomic E-state index is 0.0196. The van der Waals surface area contributed by atoms with Gasteiger partial charge in [0.1, 0.15) is 5.76 Å². The van der Waals surface area contributed by atoms with E-state index in [4.69, 9.17) is 4.42 Å². The third kappa shape index (κ3) is 5.28. The van der Waals surface area contributed by atoms with Crippen LogP contribution in [0.25, 0.3) is 0 Å². The standard InChI is InChI=1S/C14H18N2O4S2/c1-10(8-12-4-3-7-21-12)16-14(17)13-6-5-11(20-13)9-15-22(2,18)19/h3-7,10,15H,8-9H2,1-2H3,(H,16,17)/t10-/m1/s1. The summed E-state index contributed by atoms with van der Waals surface area (Å²) in [4.78, 5) is 13.3. The zero-order chi connectivity index (χ0) is 16.2. The van der Waals surface area contributed by atoms with Gasteiger partial charge in [0.25, 0.3) is 5.91 Å². The van der Waals surface area contributed by atoms with E-state index >= 15 is 0 Å². The molecule has 0 aliphatic rings. The number of carbonyl (C=O) groups is 1. The molecule has 2 aromatic heterocycles. The van der Waals surface area contributed by atoms with Crippen LogP contribution in [0.1, 0.15) is 28.1 Å². The van der Waals surface area contributed by atoms with Crippen molar-refractivity contribution >= 4 is 27.3 Å². The van der Waals surface area contributed by atoms with E-state index in [1.165, 1.54) is 10.9 Å².